The number of furan rings is 1. The van der Waals surface area contributed by atoms with Crippen LogP contribution in [0.4, 0.5) is 0 Å². The number of carbonyl (C=O) groups is 3. The molecule has 1 rings (SSSR count). The lowest BCUT2D eigenvalue weighted by molar-refractivity contribution is -0.142. The Labute approximate surface area is 124 Å². The molecule has 7 nitrogen and oxygen atoms in total. The Morgan fingerprint density at radius 2 is 2.10 bits per heavy atom. The van der Waals surface area contributed by atoms with Crippen LogP contribution in [0, 0.1) is 5.92 Å². The Kier molecular flexibility index (Phi) is 5.75. The Balaban J connectivity index is 2.43. The zero-order valence-electron chi connectivity index (χ0n) is 11.1. The maximum atomic E-state index is 11.7. The number of carboxylic acid groups (broad SMARTS) is 1. The monoisotopic (exact) mass is 346 g/mol. The minimum atomic E-state index is -0.978. The highest BCUT2D eigenvalue weighted by Crippen LogP contribution is 2.13. The molecule has 0 aliphatic carbocycles. The van der Waals surface area contributed by atoms with Crippen molar-refractivity contribution in [2.45, 2.75) is 6.92 Å². The third-order valence-corrected chi connectivity index (χ3v) is 3.02. The molecule has 0 aromatic carbocycles. The molecule has 8 heteroatoms. The van der Waals surface area contributed by atoms with E-state index in [-0.39, 0.29) is 24.8 Å². The minimum absolute atomic E-state index is 0.0797. The van der Waals surface area contributed by atoms with E-state index in [2.05, 4.69) is 21.2 Å². The molecule has 0 bridgehead atoms. The van der Waals surface area contributed by atoms with Crippen molar-refractivity contribution in [1.82, 2.24) is 10.2 Å². The SMILES string of the molecule is CC(CN(C)C(=O)CNC(=O)c1ccc(Br)o1)C(=O)O. The Bertz CT molecular complexity index is 514. The summed E-state index contributed by atoms with van der Waals surface area (Å²) in [7, 11) is 1.48. The quantitative estimate of drug-likeness (QED) is 0.798. The molecule has 2 amide bonds. The van der Waals surface area contributed by atoms with E-state index in [1.54, 1.807) is 6.07 Å². The first kappa shape index (κ1) is 16.2. The third-order valence-electron chi connectivity index (χ3n) is 2.59. The van der Waals surface area contributed by atoms with Gasteiger partial charge in [-0.15, -0.1) is 0 Å². The molecule has 0 spiro atoms. The molecule has 0 aliphatic rings. The number of carbonyl (C=O) groups excluding carboxylic acids is 2. The second kappa shape index (κ2) is 7.09. The van der Waals surface area contributed by atoms with Crippen molar-refractivity contribution in [3.8, 4) is 0 Å². The van der Waals surface area contributed by atoms with Gasteiger partial charge < -0.3 is 19.7 Å². The van der Waals surface area contributed by atoms with Crippen LogP contribution in [0.2, 0.25) is 0 Å². The van der Waals surface area contributed by atoms with Gasteiger partial charge in [0.15, 0.2) is 10.4 Å². The Morgan fingerprint density at radius 3 is 2.60 bits per heavy atom. The number of carboxylic acids is 1. The first-order valence-electron chi connectivity index (χ1n) is 5.81. The standard InChI is InChI=1S/C12H15BrN2O5/c1-7(12(18)19)6-15(2)10(16)5-14-11(17)8-3-4-9(13)20-8/h3-4,7H,5-6H2,1-2H3,(H,14,17)(H,18,19). The zero-order valence-corrected chi connectivity index (χ0v) is 12.6. The number of rotatable bonds is 6. The molecule has 1 heterocycles. The van der Waals surface area contributed by atoms with E-state index in [1.165, 1.54) is 24.9 Å². The molecular weight excluding hydrogens is 332 g/mol. The lowest BCUT2D eigenvalue weighted by Gasteiger charge is -2.19. The van der Waals surface area contributed by atoms with Gasteiger partial charge in [0.2, 0.25) is 5.91 Å². The fraction of sp³-hybridized carbons (Fsp3) is 0.417. The van der Waals surface area contributed by atoms with Gasteiger partial charge in [0.05, 0.1) is 12.5 Å². The van der Waals surface area contributed by atoms with Crippen LogP contribution in [-0.2, 0) is 9.59 Å². The van der Waals surface area contributed by atoms with Crippen LogP contribution in [0.5, 0.6) is 0 Å². The summed E-state index contributed by atoms with van der Waals surface area (Å²) in [4.78, 5) is 35.3. The summed E-state index contributed by atoms with van der Waals surface area (Å²) in [6, 6.07) is 3.04. The van der Waals surface area contributed by atoms with Crippen molar-refractivity contribution < 1.29 is 23.9 Å². The number of amides is 2. The van der Waals surface area contributed by atoms with E-state index in [0.29, 0.717) is 4.67 Å². The lowest BCUT2D eigenvalue weighted by atomic mass is 10.2. The maximum absolute atomic E-state index is 11.7. The van der Waals surface area contributed by atoms with Gasteiger partial charge in [0, 0.05) is 13.6 Å². The van der Waals surface area contributed by atoms with Gasteiger partial charge in [0.1, 0.15) is 0 Å². The number of likely N-dealkylation sites (N-methyl/N-ethyl adjacent to an activating group) is 1. The summed E-state index contributed by atoms with van der Waals surface area (Å²) in [6.45, 7) is 1.36. The van der Waals surface area contributed by atoms with Crippen LogP contribution in [0.1, 0.15) is 17.5 Å². The molecule has 1 aromatic rings. The number of halogens is 1. The van der Waals surface area contributed by atoms with Crippen molar-refractivity contribution in [2.75, 3.05) is 20.1 Å². The van der Waals surface area contributed by atoms with Gasteiger partial charge in [-0.05, 0) is 28.1 Å². The van der Waals surface area contributed by atoms with Gasteiger partial charge in [-0.3, -0.25) is 14.4 Å². The van der Waals surface area contributed by atoms with E-state index in [0.717, 1.165) is 0 Å². The first-order chi connectivity index (χ1) is 9.31. The first-order valence-corrected chi connectivity index (χ1v) is 6.61. The van der Waals surface area contributed by atoms with E-state index < -0.39 is 17.8 Å². The second-order valence-electron chi connectivity index (χ2n) is 4.30. The van der Waals surface area contributed by atoms with Crippen LogP contribution < -0.4 is 5.32 Å². The summed E-state index contributed by atoms with van der Waals surface area (Å²) in [6.07, 6.45) is 0. The minimum Gasteiger partial charge on any atom is -0.481 e. The van der Waals surface area contributed by atoms with Gasteiger partial charge in [-0.2, -0.15) is 0 Å². The highest BCUT2D eigenvalue weighted by Gasteiger charge is 2.18. The smallest absolute Gasteiger partial charge is 0.308 e. The van der Waals surface area contributed by atoms with Crippen LogP contribution in [-0.4, -0.2) is 47.9 Å². The Hall–Kier alpha value is -1.83. The summed E-state index contributed by atoms with van der Waals surface area (Å²) in [5, 5.41) is 11.2. The predicted octanol–water partition coefficient (Wildman–Crippen LogP) is 0.951. The fourth-order valence-corrected chi connectivity index (χ4v) is 1.71. The molecule has 0 fully saturated rings. The van der Waals surface area contributed by atoms with E-state index in [4.69, 9.17) is 9.52 Å². The van der Waals surface area contributed by atoms with Crippen molar-refractivity contribution in [2.24, 2.45) is 5.92 Å². The normalized spacial score (nSPS) is 11.8. The topological polar surface area (TPSA) is 99.9 Å². The molecule has 1 atom stereocenters. The maximum Gasteiger partial charge on any atom is 0.308 e. The van der Waals surface area contributed by atoms with Crippen molar-refractivity contribution in [3.05, 3.63) is 22.6 Å². The summed E-state index contributed by atoms with van der Waals surface area (Å²) < 4.78 is 5.45. The van der Waals surface area contributed by atoms with Crippen LogP contribution in [0.25, 0.3) is 0 Å². The fourth-order valence-electron chi connectivity index (χ4n) is 1.40. The van der Waals surface area contributed by atoms with Crippen molar-refractivity contribution in [3.63, 3.8) is 0 Å². The summed E-state index contributed by atoms with van der Waals surface area (Å²) in [5.41, 5.74) is 0. The van der Waals surface area contributed by atoms with Gasteiger partial charge in [-0.1, -0.05) is 6.92 Å². The Morgan fingerprint density at radius 1 is 1.45 bits per heavy atom. The van der Waals surface area contributed by atoms with Crippen LogP contribution in [0.15, 0.2) is 21.2 Å². The van der Waals surface area contributed by atoms with E-state index >= 15 is 0 Å². The van der Waals surface area contributed by atoms with Crippen LogP contribution >= 0.6 is 15.9 Å². The molecule has 0 radical (unpaired) electrons. The summed E-state index contributed by atoms with van der Waals surface area (Å²) in [5.74, 6) is -2.44. The predicted molar refractivity (Wildman–Crippen MR) is 73.2 cm³/mol. The summed E-state index contributed by atoms with van der Waals surface area (Å²) >= 11 is 3.07. The molecule has 110 valence electrons. The molecule has 0 saturated heterocycles. The molecule has 20 heavy (non-hydrogen) atoms. The number of nitrogens with one attached hydrogen (secondary N) is 1. The van der Waals surface area contributed by atoms with Gasteiger partial charge >= 0.3 is 5.97 Å². The number of aliphatic carboxylic acids is 1. The molecular formula is C12H15BrN2O5. The highest BCUT2D eigenvalue weighted by molar-refractivity contribution is 9.10. The third kappa shape index (κ3) is 4.69. The second-order valence-corrected chi connectivity index (χ2v) is 5.08. The van der Waals surface area contributed by atoms with Crippen molar-refractivity contribution >= 4 is 33.7 Å². The lowest BCUT2D eigenvalue weighted by Crippen LogP contribution is -2.40. The van der Waals surface area contributed by atoms with Gasteiger partial charge in [0.25, 0.3) is 5.91 Å². The molecule has 0 aliphatic heterocycles. The molecule has 1 aromatic heterocycles. The highest BCUT2D eigenvalue weighted by atomic mass is 79.9. The number of hydrogen-bond donors (Lipinski definition) is 2. The molecule has 1 unspecified atom stereocenters. The number of nitrogens with zero attached hydrogens (tertiary/aromatic N) is 1. The zero-order chi connectivity index (χ0) is 15.3. The van der Waals surface area contributed by atoms with E-state index in [9.17, 15) is 14.4 Å². The van der Waals surface area contributed by atoms with Crippen LogP contribution in [0.3, 0.4) is 0 Å². The average Bonchev–Trinajstić information content (AvgIpc) is 2.81. The molecule has 2 N–H and O–H groups in total. The van der Waals surface area contributed by atoms with Crippen molar-refractivity contribution in [1.29, 1.82) is 0 Å². The van der Waals surface area contributed by atoms with Gasteiger partial charge in [-0.25, -0.2) is 0 Å². The number of hydrogen-bond acceptors (Lipinski definition) is 4. The van der Waals surface area contributed by atoms with E-state index in [1.807, 2.05) is 0 Å². The largest absolute Gasteiger partial charge is 0.481 e. The molecule has 0 saturated carbocycles. The average molecular weight is 347 g/mol.